The van der Waals surface area contributed by atoms with Crippen LogP contribution in [0.3, 0.4) is 0 Å². The van der Waals surface area contributed by atoms with Crippen molar-refractivity contribution >= 4 is 49.7 Å². The smallest absolute Gasteiger partial charge is 0.341 e. The van der Waals surface area contributed by atoms with Crippen LogP contribution in [0.2, 0.25) is 0 Å². The number of nitrogens with one attached hydrogen (secondary N) is 1. The Morgan fingerprint density at radius 1 is 1.19 bits per heavy atom. The largest absolute Gasteiger partial charge is 0.465 e. The number of fused-ring (bicyclic) bond motifs is 1. The average Bonchev–Trinajstić information content (AvgIpc) is 3.08. The lowest BCUT2D eigenvalue weighted by Gasteiger charge is -2.22. The minimum absolute atomic E-state index is 0.212. The molecule has 1 aromatic heterocycles. The molecule has 0 atom stereocenters. The second kappa shape index (κ2) is 9.19. The first-order chi connectivity index (χ1) is 14.6. The van der Waals surface area contributed by atoms with Gasteiger partial charge in [-0.15, -0.1) is 11.3 Å². The first kappa shape index (κ1) is 23.0. The summed E-state index contributed by atoms with van der Waals surface area (Å²) in [5, 5.41) is 3.07. The number of ether oxygens (including phenoxy) is 1. The lowest BCUT2D eigenvalue weighted by atomic mass is 9.95. The van der Waals surface area contributed by atoms with E-state index >= 15 is 0 Å². The van der Waals surface area contributed by atoms with Crippen molar-refractivity contribution in [1.29, 1.82) is 0 Å². The number of methoxy groups -OCH3 is 1. The second-order valence-electron chi connectivity index (χ2n) is 7.33. The molecule has 166 valence electrons. The normalized spacial score (nSPS) is 13.3. The van der Waals surface area contributed by atoms with Gasteiger partial charge in [-0.3, -0.25) is 13.9 Å². The number of amides is 1. The minimum atomic E-state index is -3.81. The fourth-order valence-electron chi connectivity index (χ4n) is 3.55. The van der Waals surface area contributed by atoms with E-state index in [-0.39, 0.29) is 11.5 Å². The van der Waals surface area contributed by atoms with E-state index in [1.165, 1.54) is 37.5 Å². The van der Waals surface area contributed by atoms with Crippen molar-refractivity contribution in [1.82, 2.24) is 0 Å². The number of Topliss-reactive ketones (excluding diaryl/α,β-unsaturated/α-hetero) is 1. The number of anilines is 2. The summed E-state index contributed by atoms with van der Waals surface area (Å²) in [5.41, 5.74) is 1.79. The maximum Gasteiger partial charge on any atom is 0.341 e. The van der Waals surface area contributed by atoms with Gasteiger partial charge in [0.1, 0.15) is 11.5 Å². The van der Waals surface area contributed by atoms with Gasteiger partial charge in [-0.05, 0) is 50.3 Å². The molecule has 1 amide bonds. The Hall–Kier alpha value is -2.72. The van der Waals surface area contributed by atoms with Gasteiger partial charge >= 0.3 is 5.97 Å². The first-order valence-corrected chi connectivity index (χ1v) is 12.4. The average molecular weight is 465 g/mol. The monoisotopic (exact) mass is 464 g/mol. The number of carbonyl (C=O) groups is 3. The molecule has 10 heteroatoms. The molecular formula is C21H24N2O6S2. The molecule has 0 saturated heterocycles. The van der Waals surface area contributed by atoms with E-state index in [4.69, 9.17) is 4.74 Å². The Morgan fingerprint density at radius 2 is 1.90 bits per heavy atom. The van der Waals surface area contributed by atoms with Crippen molar-refractivity contribution in [2.24, 2.45) is 0 Å². The Bertz CT molecular complexity index is 1140. The molecule has 1 aromatic carbocycles. The fourth-order valence-corrected chi connectivity index (χ4v) is 5.69. The molecule has 0 saturated carbocycles. The molecule has 3 rings (SSSR count). The highest BCUT2D eigenvalue weighted by Crippen LogP contribution is 2.38. The SMILES string of the molecule is COC(=O)c1c(NC(=O)CN(c2cccc(C(C)=O)c2)S(C)(=O)=O)sc2c1CCCC2. The molecule has 31 heavy (non-hydrogen) atoms. The van der Waals surface area contributed by atoms with Crippen LogP contribution in [0.4, 0.5) is 10.7 Å². The van der Waals surface area contributed by atoms with E-state index < -0.39 is 28.4 Å². The Balaban J connectivity index is 1.89. The molecule has 1 N–H and O–H groups in total. The van der Waals surface area contributed by atoms with Crippen molar-refractivity contribution in [3.8, 4) is 0 Å². The summed E-state index contributed by atoms with van der Waals surface area (Å²) in [6.45, 7) is 0.882. The fraction of sp³-hybridized carbons (Fsp3) is 0.381. The molecule has 1 aliphatic carbocycles. The van der Waals surface area contributed by atoms with E-state index in [9.17, 15) is 22.8 Å². The maximum atomic E-state index is 12.8. The summed E-state index contributed by atoms with van der Waals surface area (Å²) < 4.78 is 30.6. The molecule has 0 spiro atoms. The van der Waals surface area contributed by atoms with Gasteiger partial charge in [0.05, 0.1) is 24.6 Å². The molecule has 0 unspecified atom stereocenters. The molecule has 0 aliphatic heterocycles. The van der Waals surface area contributed by atoms with Gasteiger partial charge in [0, 0.05) is 10.4 Å². The van der Waals surface area contributed by atoms with Gasteiger partial charge in [0.15, 0.2) is 5.78 Å². The summed E-state index contributed by atoms with van der Waals surface area (Å²) >= 11 is 1.33. The first-order valence-electron chi connectivity index (χ1n) is 9.73. The number of sulfonamides is 1. The number of carbonyl (C=O) groups excluding carboxylic acids is 3. The highest BCUT2D eigenvalue weighted by Gasteiger charge is 2.28. The van der Waals surface area contributed by atoms with Crippen LogP contribution in [-0.2, 0) is 32.4 Å². The number of hydrogen-bond donors (Lipinski definition) is 1. The van der Waals surface area contributed by atoms with E-state index in [1.54, 1.807) is 12.1 Å². The van der Waals surface area contributed by atoms with Crippen molar-refractivity contribution < 1.29 is 27.5 Å². The highest BCUT2D eigenvalue weighted by atomic mass is 32.2. The van der Waals surface area contributed by atoms with E-state index in [0.29, 0.717) is 16.1 Å². The Kier molecular flexibility index (Phi) is 6.80. The van der Waals surface area contributed by atoms with Crippen molar-refractivity contribution in [3.05, 3.63) is 45.8 Å². The van der Waals surface area contributed by atoms with Crippen molar-refractivity contribution in [3.63, 3.8) is 0 Å². The van der Waals surface area contributed by atoms with Crippen molar-refractivity contribution in [2.75, 3.05) is 29.5 Å². The van der Waals surface area contributed by atoms with Crippen LogP contribution in [-0.4, -0.2) is 46.0 Å². The number of hydrogen-bond acceptors (Lipinski definition) is 7. The zero-order valence-electron chi connectivity index (χ0n) is 17.6. The number of thiophene rings is 1. The van der Waals surface area contributed by atoms with Crippen molar-refractivity contribution in [2.45, 2.75) is 32.6 Å². The molecule has 0 fully saturated rings. The molecule has 1 aliphatic rings. The van der Waals surface area contributed by atoms with Crippen LogP contribution in [0.25, 0.3) is 0 Å². The molecular weight excluding hydrogens is 440 g/mol. The lowest BCUT2D eigenvalue weighted by Crippen LogP contribution is -2.37. The number of esters is 1. The van der Waals surface area contributed by atoms with E-state index in [1.807, 2.05) is 0 Å². The maximum absolute atomic E-state index is 12.8. The molecule has 8 nitrogen and oxygen atoms in total. The predicted molar refractivity (Wildman–Crippen MR) is 120 cm³/mol. The topological polar surface area (TPSA) is 110 Å². The number of ketones is 1. The van der Waals surface area contributed by atoms with Crippen LogP contribution in [0.5, 0.6) is 0 Å². The minimum Gasteiger partial charge on any atom is -0.465 e. The van der Waals surface area contributed by atoms with E-state index in [2.05, 4.69) is 5.32 Å². The Morgan fingerprint density at radius 3 is 2.55 bits per heavy atom. The number of nitrogens with zero attached hydrogens (tertiary/aromatic N) is 1. The van der Waals surface area contributed by atoms with Gasteiger partial charge in [0.25, 0.3) is 0 Å². The summed E-state index contributed by atoms with van der Waals surface area (Å²) in [4.78, 5) is 37.9. The van der Waals surface area contributed by atoms with E-state index in [0.717, 1.165) is 46.7 Å². The summed E-state index contributed by atoms with van der Waals surface area (Å²) in [5.74, 6) is -1.34. The van der Waals surface area contributed by atoms with Gasteiger partial charge in [-0.25, -0.2) is 13.2 Å². The number of benzene rings is 1. The molecule has 0 bridgehead atoms. The lowest BCUT2D eigenvalue weighted by molar-refractivity contribution is -0.114. The number of rotatable bonds is 7. The molecule has 2 aromatic rings. The van der Waals surface area contributed by atoms with Gasteiger partial charge in [-0.1, -0.05) is 12.1 Å². The van der Waals surface area contributed by atoms with Gasteiger partial charge < -0.3 is 10.1 Å². The zero-order chi connectivity index (χ0) is 22.8. The van der Waals surface area contributed by atoms with Crippen LogP contribution in [0, 0.1) is 0 Å². The van der Waals surface area contributed by atoms with Crippen LogP contribution in [0.15, 0.2) is 24.3 Å². The third kappa shape index (κ3) is 5.13. The van der Waals surface area contributed by atoms with Crippen LogP contribution >= 0.6 is 11.3 Å². The summed E-state index contributed by atoms with van der Waals surface area (Å²) in [6.07, 6.45) is 4.52. The zero-order valence-corrected chi connectivity index (χ0v) is 19.2. The second-order valence-corrected chi connectivity index (χ2v) is 10.3. The number of aryl methyl sites for hydroxylation is 1. The Labute approximate surface area is 185 Å². The van der Waals surface area contributed by atoms with Gasteiger partial charge in [0.2, 0.25) is 15.9 Å². The quantitative estimate of drug-likeness (QED) is 0.498. The highest BCUT2D eigenvalue weighted by molar-refractivity contribution is 7.92. The standard InChI is InChI=1S/C21H24N2O6S2/c1-13(24)14-7-6-8-15(11-14)23(31(3,27)28)12-18(25)22-20-19(21(26)29-2)16-9-4-5-10-17(16)30-20/h6-8,11H,4-5,9-10,12H2,1-3H3,(H,22,25). The summed E-state index contributed by atoms with van der Waals surface area (Å²) in [7, 11) is -2.52. The molecule has 1 heterocycles. The van der Waals surface area contributed by atoms with Crippen LogP contribution in [0.1, 0.15) is 50.9 Å². The van der Waals surface area contributed by atoms with Gasteiger partial charge in [-0.2, -0.15) is 0 Å². The summed E-state index contributed by atoms with van der Waals surface area (Å²) in [6, 6.07) is 6.08. The van der Waals surface area contributed by atoms with Crippen LogP contribution < -0.4 is 9.62 Å². The molecule has 0 radical (unpaired) electrons. The third-order valence-electron chi connectivity index (χ3n) is 5.04. The third-order valence-corrected chi connectivity index (χ3v) is 7.39. The predicted octanol–water partition coefficient (Wildman–Crippen LogP) is 3.02.